The van der Waals surface area contributed by atoms with Crippen LogP contribution in [-0.2, 0) is 9.84 Å². The molecular formula is C10H15N3O2S. The molecule has 0 spiro atoms. The van der Waals surface area contributed by atoms with Gasteiger partial charge in [-0.1, -0.05) is 0 Å². The number of anilines is 1. The largest absolute Gasteiger partial charge is 0.353 e. The maximum absolute atomic E-state index is 11.4. The number of imidazole rings is 1. The van der Waals surface area contributed by atoms with Crippen LogP contribution in [0.25, 0.3) is 0 Å². The molecule has 1 aliphatic heterocycles. The number of aromatic nitrogens is 2. The molecule has 16 heavy (non-hydrogen) atoms. The van der Waals surface area contributed by atoms with Crippen molar-refractivity contribution in [3.8, 4) is 0 Å². The van der Waals surface area contributed by atoms with Gasteiger partial charge < -0.3 is 9.88 Å². The first kappa shape index (κ1) is 10.1. The van der Waals surface area contributed by atoms with Crippen LogP contribution in [0.1, 0.15) is 25.3 Å². The maximum atomic E-state index is 11.4. The van der Waals surface area contributed by atoms with E-state index in [1.807, 2.05) is 10.8 Å². The third-order valence-corrected chi connectivity index (χ3v) is 4.93. The number of hydrogen-bond acceptors (Lipinski definition) is 4. The number of rotatable bonds is 3. The Morgan fingerprint density at radius 2 is 2.19 bits per heavy atom. The smallest absolute Gasteiger partial charge is 0.203 e. The molecule has 3 rings (SSSR count). The summed E-state index contributed by atoms with van der Waals surface area (Å²) >= 11 is 0. The Morgan fingerprint density at radius 1 is 1.38 bits per heavy atom. The molecule has 1 unspecified atom stereocenters. The minimum Gasteiger partial charge on any atom is -0.353 e. The summed E-state index contributed by atoms with van der Waals surface area (Å²) in [6.07, 6.45) is 6.69. The second kappa shape index (κ2) is 3.48. The standard InChI is InChI=1S/C10H15N3O2S/c14-16(15)6-3-9(7-16)13-5-4-11-10(13)12-8-1-2-8/h4-5,8-9H,1-3,6-7H2,(H,11,12). The fraction of sp³-hybridized carbons (Fsp3) is 0.700. The van der Waals surface area contributed by atoms with Gasteiger partial charge in [0.1, 0.15) is 0 Å². The summed E-state index contributed by atoms with van der Waals surface area (Å²) in [6, 6.07) is 0.605. The monoisotopic (exact) mass is 241 g/mol. The van der Waals surface area contributed by atoms with E-state index < -0.39 is 9.84 Å². The van der Waals surface area contributed by atoms with Crippen LogP contribution in [0.2, 0.25) is 0 Å². The predicted molar refractivity (Wildman–Crippen MR) is 61.2 cm³/mol. The first-order valence-electron chi connectivity index (χ1n) is 5.64. The van der Waals surface area contributed by atoms with Crippen LogP contribution in [0.4, 0.5) is 5.95 Å². The molecular weight excluding hydrogens is 226 g/mol. The summed E-state index contributed by atoms with van der Waals surface area (Å²) in [5.41, 5.74) is 0. The predicted octanol–water partition coefficient (Wildman–Crippen LogP) is 0.817. The van der Waals surface area contributed by atoms with Gasteiger partial charge in [-0.2, -0.15) is 0 Å². The van der Waals surface area contributed by atoms with E-state index in [4.69, 9.17) is 0 Å². The summed E-state index contributed by atoms with van der Waals surface area (Å²) in [4.78, 5) is 4.25. The Labute approximate surface area is 94.8 Å². The van der Waals surface area contributed by atoms with Gasteiger partial charge in [-0.05, 0) is 19.3 Å². The van der Waals surface area contributed by atoms with E-state index in [1.54, 1.807) is 6.20 Å². The summed E-state index contributed by atoms with van der Waals surface area (Å²) in [5, 5.41) is 3.33. The highest BCUT2D eigenvalue weighted by molar-refractivity contribution is 7.91. The minimum atomic E-state index is -2.83. The molecule has 0 amide bonds. The molecule has 2 aliphatic rings. The lowest BCUT2D eigenvalue weighted by Crippen LogP contribution is -2.15. The third-order valence-electron chi connectivity index (χ3n) is 3.18. The number of nitrogens with zero attached hydrogens (tertiary/aromatic N) is 2. The van der Waals surface area contributed by atoms with Gasteiger partial charge in [0.2, 0.25) is 5.95 Å². The fourth-order valence-corrected chi connectivity index (χ4v) is 3.84. The second-order valence-electron chi connectivity index (χ2n) is 4.63. The molecule has 88 valence electrons. The lowest BCUT2D eigenvalue weighted by molar-refractivity contribution is 0.559. The Hall–Kier alpha value is -1.04. The first-order chi connectivity index (χ1) is 7.64. The van der Waals surface area contributed by atoms with Gasteiger partial charge >= 0.3 is 0 Å². The lowest BCUT2D eigenvalue weighted by atomic mass is 10.2. The van der Waals surface area contributed by atoms with Gasteiger partial charge in [0.05, 0.1) is 17.5 Å². The number of hydrogen-bond donors (Lipinski definition) is 1. The quantitative estimate of drug-likeness (QED) is 0.851. The van der Waals surface area contributed by atoms with E-state index in [0.717, 1.165) is 5.95 Å². The van der Waals surface area contributed by atoms with Crippen molar-refractivity contribution in [2.75, 3.05) is 16.8 Å². The molecule has 1 saturated carbocycles. The zero-order valence-electron chi connectivity index (χ0n) is 8.96. The van der Waals surface area contributed by atoms with Gasteiger partial charge in [-0.25, -0.2) is 13.4 Å². The van der Waals surface area contributed by atoms with Crippen molar-refractivity contribution in [2.24, 2.45) is 0 Å². The van der Waals surface area contributed by atoms with Crippen molar-refractivity contribution in [3.63, 3.8) is 0 Å². The van der Waals surface area contributed by atoms with Crippen molar-refractivity contribution < 1.29 is 8.42 Å². The molecule has 2 heterocycles. The molecule has 1 aromatic rings. The topological polar surface area (TPSA) is 64.0 Å². The highest BCUT2D eigenvalue weighted by atomic mass is 32.2. The molecule has 1 atom stereocenters. The zero-order chi connectivity index (χ0) is 11.2. The summed E-state index contributed by atoms with van der Waals surface area (Å²) in [7, 11) is -2.83. The van der Waals surface area contributed by atoms with Gasteiger partial charge in [0.25, 0.3) is 0 Å². The zero-order valence-corrected chi connectivity index (χ0v) is 9.78. The molecule has 1 N–H and O–H groups in total. The SMILES string of the molecule is O=S1(=O)CCC(n2ccnc2NC2CC2)C1. The summed E-state index contributed by atoms with van der Waals surface area (Å²) in [6.45, 7) is 0. The Balaban J connectivity index is 1.80. The van der Waals surface area contributed by atoms with E-state index >= 15 is 0 Å². The molecule has 5 nitrogen and oxygen atoms in total. The van der Waals surface area contributed by atoms with E-state index in [-0.39, 0.29) is 11.8 Å². The average Bonchev–Trinajstić information content (AvgIpc) is 2.77. The molecule has 0 bridgehead atoms. The van der Waals surface area contributed by atoms with Gasteiger partial charge in [0, 0.05) is 18.4 Å². The van der Waals surface area contributed by atoms with Gasteiger partial charge in [-0.15, -0.1) is 0 Å². The van der Waals surface area contributed by atoms with Crippen LogP contribution < -0.4 is 5.32 Å². The molecule has 2 fully saturated rings. The Morgan fingerprint density at radius 3 is 2.81 bits per heavy atom. The van der Waals surface area contributed by atoms with Crippen molar-refractivity contribution >= 4 is 15.8 Å². The van der Waals surface area contributed by atoms with Crippen molar-refractivity contribution in [1.82, 2.24) is 9.55 Å². The molecule has 1 aliphatic carbocycles. The van der Waals surface area contributed by atoms with Crippen molar-refractivity contribution in [3.05, 3.63) is 12.4 Å². The molecule has 1 aromatic heterocycles. The van der Waals surface area contributed by atoms with Crippen LogP contribution in [0.5, 0.6) is 0 Å². The Kier molecular flexibility index (Phi) is 2.20. The third kappa shape index (κ3) is 1.93. The molecule has 0 radical (unpaired) electrons. The number of sulfone groups is 1. The Bertz CT molecular complexity index is 490. The second-order valence-corrected chi connectivity index (χ2v) is 6.86. The highest BCUT2D eigenvalue weighted by Gasteiger charge is 2.31. The molecule has 0 aromatic carbocycles. The van der Waals surface area contributed by atoms with Crippen LogP contribution in [0, 0.1) is 0 Å². The van der Waals surface area contributed by atoms with Crippen LogP contribution in [0.3, 0.4) is 0 Å². The van der Waals surface area contributed by atoms with E-state index in [2.05, 4.69) is 10.3 Å². The van der Waals surface area contributed by atoms with Crippen LogP contribution in [0.15, 0.2) is 12.4 Å². The highest BCUT2D eigenvalue weighted by Crippen LogP contribution is 2.29. The molecule has 6 heteroatoms. The van der Waals surface area contributed by atoms with Gasteiger partial charge in [0.15, 0.2) is 9.84 Å². The van der Waals surface area contributed by atoms with E-state index in [9.17, 15) is 8.42 Å². The van der Waals surface area contributed by atoms with E-state index in [1.165, 1.54) is 12.8 Å². The summed E-state index contributed by atoms with van der Waals surface area (Å²) < 4.78 is 24.8. The number of nitrogens with one attached hydrogen (secondary N) is 1. The normalized spacial score (nSPS) is 28.1. The lowest BCUT2D eigenvalue weighted by Gasteiger charge is -2.14. The molecule has 1 saturated heterocycles. The first-order valence-corrected chi connectivity index (χ1v) is 7.46. The fourth-order valence-electron chi connectivity index (χ4n) is 2.12. The van der Waals surface area contributed by atoms with E-state index in [0.29, 0.717) is 18.2 Å². The minimum absolute atomic E-state index is 0.0637. The van der Waals surface area contributed by atoms with Crippen molar-refractivity contribution in [1.29, 1.82) is 0 Å². The maximum Gasteiger partial charge on any atom is 0.203 e. The van der Waals surface area contributed by atoms with Crippen LogP contribution in [-0.4, -0.2) is 35.5 Å². The van der Waals surface area contributed by atoms with Gasteiger partial charge in [-0.3, -0.25) is 0 Å². The van der Waals surface area contributed by atoms with Crippen molar-refractivity contribution in [2.45, 2.75) is 31.3 Å². The summed E-state index contributed by atoms with van der Waals surface area (Å²) in [5.74, 6) is 1.38. The van der Waals surface area contributed by atoms with Crippen LogP contribution >= 0.6 is 0 Å². The average molecular weight is 241 g/mol.